The van der Waals surface area contributed by atoms with Crippen molar-refractivity contribution < 1.29 is 4.74 Å². The second kappa shape index (κ2) is 7.90. The molecule has 0 aliphatic rings. The topological polar surface area (TPSA) is 21.3 Å². The molecule has 0 amide bonds. The van der Waals surface area contributed by atoms with Gasteiger partial charge >= 0.3 is 0 Å². The van der Waals surface area contributed by atoms with E-state index in [1.807, 2.05) is 0 Å². The first kappa shape index (κ1) is 15.6. The maximum atomic E-state index is 6.01. The Bertz CT molecular complexity index is 398. The van der Waals surface area contributed by atoms with Gasteiger partial charge in [0.1, 0.15) is 6.61 Å². The van der Waals surface area contributed by atoms with Crippen LogP contribution in [0.2, 0.25) is 15.1 Å². The summed E-state index contributed by atoms with van der Waals surface area (Å²) in [5.74, 6) is 0.444. The van der Waals surface area contributed by atoms with Gasteiger partial charge in [-0.15, -0.1) is 0 Å². The second-order valence-corrected chi connectivity index (χ2v) is 5.16. The average molecular weight is 309 g/mol. The molecule has 0 radical (unpaired) electrons. The molecular weight excluding hydrogens is 293 g/mol. The summed E-state index contributed by atoms with van der Waals surface area (Å²) < 4.78 is 5.55. The highest BCUT2D eigenvalue weighted by atomic mass is 35.5. The summed E-state index contributed by atoms with van der Waals surface area (Å²) in [5.41, 5.74) is 0.936. The lowest BCUT2D eigenvalue weighted by Crippen LogP contribution is -2.20. The first-order valence-electron chi connectivity index (χ1n) is 5.69. The summed E-state index contributed by atoms with van der Waals surface area (Å²) in [5, 5.41) is 4.54. The monoisotopic (exact) mass is 307 g/mol. The van der Waals surface area contributed by atoms with Crippen LogP contribution in [0.1, 0.15) is 13.3 Å². The normalized spacial score (nSPS) is 10.4. The summed E-state index contributed by atoms with van der Waals surface area (Å²) >= 11 is 17.8. The molecule has 1 rings (SSSR count). The number of rotatable bonds is 7. The quantitative estimate of drug-likeness (QED) is 0.588. The third kappa shape index (κ3) is 5.07. The Morgan fingerprint density at radius 2 is 1.89 bits per heavy atom. The van der Waals surface area contributed by atoms with Gasteiger partial charge in [0.25, 0.3) is 0 Å². The van der Waals surface area contributed by atoms with E-state index in [-0.39, 0.29) is 0 Å². The SMILES string of the molecule is C=C(CNCCC)COc1c(Cl)cc(Cl)cc1Cl. The van der Waals surface area contributed by atoms with Crippen LogP contribution >= 0.6 is 34.8 Å². The van der Waals surface area contributed by atoms with Crippen LogP contribution in [0.4, 0.5) is 0 Å². The molecule has 100 valence electrons. The van der Waals surface area contributed by atoms with Crippen molar-refractivity contribution in [3.63, 3.8) is 0 Å². The van der Waals surface area contributed by atoms with Gasteiger partial charge in [-0.1, -0.05) is 48.3 Å². The third-order valence-corrected chi connectivity index (χ3v) is 2.97. The van der Waals surface area contributed by atoms with E-state index in [1.54, 1.807) is 12.1 Å². The van der Waals surface area contributed by atoms with Crippen LogP contribution in [-0.4, -0.2) is 19.7 Å². The number of hydrogen-bond donors (Lipinski definition) is 1. The summed E-state index contributed by atoms with van der Waals surface area (Å²) in [6, 6.07) is 3.20. The van der Waals surface area contributed by atoms with Crippen LogP contribution in [0.25, 0.3) is 0 Å². The molecule has 0 saturated heterocycles. The molecule has 0 aromatic heterocycles. The van der Waals surface area contributed by atoms with Crippen molar-refractivity contribution in [2.45, 2.75) is 13.3 Å². The smallest absolute Gasteiger partial charge is 0.157 e. The van der Waals surface area contributed by atoms with Crippen molar-refractivity contribution in [3.05, 3.63) is 39.4 Å². The molecule has 0 bridgehead atoms. The predicted molar refractivity (Wildman–Crippen MR) is 79.3 cm³/mol. The summed E-state index contributed by atoms with van der Waals surface area (Å²) in [6.45, 7) is 8.08. The second-order valence-electron chi connectivity index (χ2n) is 3.91. The number of hydrogen-bond acceptors (Lipinski definition) is 2. The van der Waals surface area contributed by atoms with Crippen molar-refractivity contribution >= 4 is 34.8 Å². The molecule has 0 saturated carbocycles. The van der Waals surface area contributed by atoms with Crippen LogP contribution in [0.5, 0.6) is 5.75 Å². The molecule has 2 nitrogen and oxygen atoms in total. The fraction of sp³-hybridized carbons (Fsp3) is 0.385. The Morgan fingerprint density at radius 3 is 2.44 bits per heavy atom. The van der Waals surface area contributed by atoms with Gasteiger partial charge in [0, 0.05) is 11.6 Å². The number of halogens is 3. The first-order valence-corrected chi connectivity index (χ1v) is 6.82. The molecule has 18 heavy (non-hydrogen) atoms. The van der Waals surface area contributed by atoms with Gasteiger partial charge in [-0.3, -0.25) is 0 Å². The van der Waals surface area contributed by atoms with Gasteiger partial charge in [0.05, 0.1) is 10.0 Å². The molecule has 0 fully saturated rings. The molecule has 0 aliphatic carbocycles. The minimum absolute atomic E-state index is 0.373. The number of benzene rings is 1. The largest absolute Gasteiger partial charge is 0.486 e. The zero-order chi connectivity index (χ0) is 13.5. The number of nitrogens with one attached hydrogen (secondary N) is 1. The lowest BCUT2D eigenvalue weighted by atomic mass is 10.3. The molecule has 5 heteroatoms. The number of ether oxygens (including phenoxy) is 1. The Labute approximate surface area is 123 Å². The first-order chi connectivity index (χ1) is 8.54. The van der Waals surface area contributed by atoms with E-state index in [9.17, 15) is 0 Å². The molecule has 0 heterocycles. The lowest BCUT2D eigenvalue weighted by Gasteiger charge is -2.12. The summed E-state index contributed by atoms with van der Waals surface area (Å²) in [4.78, 5) is 0. The zero-order valence-electron chi connectivity index (χ0n) is 10.2. The molecule has 1 N–H and O–H groups in total. The Morgan fingerprint density at radius 1 is 1.28 bits per heavy atom. The van der Waals surface area contributed by atoms with E-state index in [2.05, 4.69) is 18.8 Å². The van der Waals surface area contributed by atoms with Crippen molar-refractivity contribution in [2.75, 3.05) is 19.7 Å². The maximum absolute atomic E-state index is 6.01. The van der Waals surface area contributed by atoms with Crippen LogP contribution in [0.15, 0.2) is 24.3 Å². The van der Waals surface area contributed by atoms with Gasteiger partial charge in [-0.2, -0.15) is 0 Å². The Kier molecular flexibility index (Phi) is 6.87. The van der Waals surface area contributed by atoms with E-state index in [0.717, 1.165) is 25.1 Å². The van der Waals surface area contributed by atoms with Crippen molar-refractivity contribution in [1.29, 1.82) is 0 Å². The fourth-order valence-corrected chi connectivity index (χ4v) is 2.26. The van der Waals surface area contributed by atoms with Crippen LogP contribution in [0.3, 0.4) is 0 Å². The molecule has 0 aliphatic heterocycles. The summed E-state index contributed by atoms with van der Waals surface area (Å²) in [7, 11) is 0. The van der Waals surface area contributed by atoms with Crippen molar-refractivity contribution in [1.82, 2.24) is 5.32 Å². The standard InChI is InChI=1S/C13H16Cl3NO/c1-3-4-17-7-9(2)8-18-13-11(15)5-10(14)6-12(13)16/h5-6,17H,2-4,7-8H2,1H3. The average Bonchev–Trinajstić information content (AvgIpc) is 2.27. The highest BCUT2D eigenvalue weighted by Crippen LogP contribution is 2.35. The van der Waals surface area contributed by atoms with E-state index in [1.165, 1.54) is 0 Å². The maximum Gasteiger partial charge on any atom is 0.157 e. The van der Waals surface area contributed by atoms with E-state index < -0.39 is 0 Å². The molecule has 0 unspecified atom stereocenters. The van der Waals surface area contributed by atoms with Gasteiger partial charge in [-0.25, -0.2) is 0 Å². The third-order valence-electron chi connectivity index (χ3n) is 2.19. The highest BCUT2D eigenvalue weighted by molar-refractivity contribution is 6.40. The van der Waals surface area contributed by atoms with Gasteiger partial charge in [-0.05, 0) is 30.7 Å². The van der Waals surface area contributed by atoms with Gasteiger partial charge in [0.15, 0.2) is 5.75 Å². The minimum Gasteiger partial charge on any atom is -0.486 e. The Hall–Kier alpha value is -0.410. The molecule has 0 spiro atoms. The predicted octanol–water partition coefficient (Wildman–Crippen LogP) is 4.58. The zero-order valence-corrected chi connectivity index (χ0v) is 12.5. The molecular formula is C13H16Cl3NO. The highest BCUT2D eigenvalue weighted by Gasteiger charge is 2.09. The minimum atomic E-state index is 0.373. The van der Waals surface area contributed by atoms with Crippen LogP contribution in [0, 0.1) is 0 Å². The van der Waals surface area contributed by atoms with Gasteiger partial charge < -0.3 is 10.1 Å². The molecule has 0 atom stereocenters. The Balaban J connectivity index is 2.51. The van der Waals surface area contributed by atoms with Gasteiger partial charge in [0.2, 0.25) is 0 Å². The fourth-order valence-electron chi connectivity index (χ4n) is 1.33. The van der Waals surface area contributed by atoms with Crippen LogP contribution < -0.4 is 10.1 Å². The van der Waals surface area contributed by atoms with E-state index >= 15 is 0 Å². The summed E-state index contributed by atoms with van der Waals surface area (Å²) in [6.07, 6.45) is 1.09. The van der Waals surface area contributed by atoms with E-state index in [4.69, 9.17) is 39.5 Å². The van der Waals surface area contributed by atoms with Crippen LogP contribution in [-0.2, 0) is 0 Å². The van der Waals surface area contributed by atoms with E-state index in [0.29, 0.717) is 27.4 Å². The lowest BCUT2D eigenvalue weighted by molar-refractivity contribution is 0.349. The molecule has 1 aromatic carbocycles. The molecule has 1 aromatic rings. The van der Waals surface area contributed by atoms with Crippen molar-refractivity contribution in [2.24, 2.45) is 0 Å². The van der Waals surface area contributed by atoms with Crippen molar-refractivity contribution in [3.8, 4) is 5.75 Å².